The number of piperidine rings is 1. The van der Waals surface area contributed by atoms with E-state index in [0.717, 1.165) is 12.8 Å². The predicted molar refractivity (Wildman–Crippen MR) is 74.5 cm³/mol. The molecular formula is C13H21ClN4. The van der Waals surface area contributed by atoms with Crippen molar-refractivity contribution in [3.05, 3.63) is 17.4 Å². The summed E-state index contributed by atoms with van der Waals surface area (Å²) in [4.78, 5) is 8.42. The highest BCUT2D eigenvalue weighted by molar-refractivity contribution is 6.29. The van der Waals surface area contributed by atoms with Crippen LogP contribution in [0.15, 0.2) is 12.3 Å². The zero-order valence-corrected chi connectivity index (χ0v) is 12.3. The Morgan fingerprint density at radius 3 is 2.39 bits per heavy atom. The number of aromatic nitrogens is 2. The van der Waals surface area contributed by atoms with Gasteiger partial charge in [0, 0.05) is 17.3 Å². The molecule has 0 aliphatic carbocycles. The summed E-state index contributed by atoms with van der Waals surface area (Å²) in [5.74, 6) is 0.561. The van der Waals surface area contributed by atoms with E-state index in [0.29, 0.717) is 11.1 Å². The fraction of sp³-hybridized carbons (Fsp3) is 0.692. The summed E-state index contributed by atoms with van der Waals surface area (Å²) in [7, 11) is 0. The first-order valence-corrected chi connectivity index (χ1v) is 6.75. The van der Waals surface area contributed by atoms with Crippen molar-refractivity contribution in [3.8, 4) is 0 Å². The summed E-state index contributed by atoms with van der Waals surface area (Å²) in [6.07, 6.45) is 5.23. The second kappa shape index (κ2) is 4.67. The molecule has 1 aliphatic rings. The minimum absolute atomic E-state index is 0.0768. The Morgan fingerprint density at radius 2 is 1.83 bits per heavy atom. The van der Waals surface area contributed by atoms with E-state index in [9.17, 15) is 0 Å². The van der Waals surface area contributed by atoms with Gasteiger partial charge < -0.3 is 0 Å². The van der Waals surface area contributed by atoms with Crippen LogP contribution >= 0.6 is 11.6 Å². The Labute approximate surface area is 114 Å². The summed E-state index contributed by atoms with van der Waals surface area (Å²) in [6.45, 7) is 8.97. The first-order chi connectivity index (χ1) is 8.31. The molecule has 0 saturated carbocycles. The molecule has 0 spiro atoms. The highest BCUT2D eigenvalue weighted by Gasteiger charge is 2.41. The summed E-state index contributed by atoms with van der Waals surface area (Å²) in [5.41, 5.74) is 3.48. The lowest BCUT2D eigenvalue weighted by Gasteiger charge is -2.52. The topological polar surface area (TPSA) is 41.0 Å². The summed E-state index contributed by atoms with van der Waals surface area (Å²) < 4.78 is 0. The molecule has 1 aliphatic heterocycles. The van der Waals surface area contributed by atoms with Gasteiger partial charge in [-0.3, -0.25) is 5.43 Å². The number of hydrogen-bond acceptors (Lipinski definition) is 4. The van der Waals surface area contributed by atoms with Crippen LogP contribution in [0.4, 0.5) is 5.95 Å². The van der Waals surface area contributed by atoms with Crippen molar-refractivity contribution in [2.24, 2.45) is 0 Å². The maximum Gasteiger partial charge on any atom is 0.238 e. The van der Waals surface area contributed by atoms with Gasteiger partial charge in [-0.25, -0.2) is 15.0 Å². The third kappa shape index (κ3) is 2.75. The number of hydrazine groups is 1. The number of rotatable bonds is 2. The molecule has 0 radical (unpaired) electrons. The summed E-state index contributed by atoms with van der Waals surface area (Å²) >= 11 is 5.90. The molecule has 4 nitrogen and oxygen atoms in total. The number of nitrogens with zero attached hydrogens (tertiary/aromatic N) is 3. The smallest absolute Gasteiger partial charge is 0.238 e. The lowest BCUT2D eigenvalue weighted by molar-refractivity contribution is -0.00401. The van der Waals surface area contributed by atoms with Gasteiger partial charge in [-0.15, -0.1) is 0 Å². The van der Waals surface area contributed by atoms with Gasteiger partial charge in [0.25, 0.3) is 0 Å². The average molecular weight is 269 g/mol. The molecule has 2 heterocycles. The minimum Gasteiger partial charge on any atom is -0.286 e. The van der Waals surface area contributed by atoms with Crippen LogP contribution in [-0.4, -0.2) is 26.1 Å². The molecule has 0 unspecified atom stereocenters. The van der Waals surface area contributed by atoms with E-state index in [-0.39, 0.29) is 11.1 Å². The van der Waals surface area contributed by atoms with E-state index in [1.165, 1.54) is 6.42 Å². The maximum atomic E-state index is 5.90. The van der Waals surface area contributed by atoms with Crippen molar-refractivity contribution in [2.45, 2.75) is 58.0 Å². The van der Waals surface area contributed by atoms with Crippen molar-refractivity contribution in [3.63, 3.8) is 0 Å². The first-order valence-electron chi connectivity index (χ1n) is 6.37. The third-order valence-corrected chi connectivity index (χ3v) is 3.83. The van der Waals surface area contributed by atoms with Crippen LogP contribution in [0.5, 0.6) is 0 Å². The molecule has 1 aromatic heterocycles. The lowest BCUT2D eigenvalue weighted by atomic mass is 9.82. The second-order valence-electron chi connectivity index (χ2n) is 6.13. The molecule has 5 heteroatoms. The van der Waals surface area contributed by atoms with Crippen LogP contribution in [0.3, 0.4) is 0 Å². The van der Waals surface area contributed by atoms with Crippen LogP contribution in [0, 0.1) is 0 Å². The normalized spacial score (nSPS) is 22.7. The van der Waals surface area contributed by atoms with E-state index < -0.39 is 0 Å². The van der Waals surface area contributed by atoms with Crippen LogP contribution in [0.1, 0.15) is 47.0 Å². The fourth-order valence-corrected chi connectivity index (χ4v) is 2.93. The average Bonchev–Trinajstić information content (AvgIpc) is 2.23. The standard InChI is InChI=1S/C13H21ClN4/c1-12(2)7-5-8-13(3,4)18(12)17-11-15-9-6-10(14)16-11/h6,9H,5,7-8H2,1-4H3,(H,15,16,17). The third-order valence-electron chi connectivity index (χ3n) is 3.62. The molecule has 18 heavy (non-hydrogen) atoms. The maximum absolute atomic E-state index is 5.90. The molecule has 1 saturated heterocycles. The van der Waals surface area contributed by atoms with E-state index in [2.05, 4.69) is 48.1 Å². The Balaban J connectivity index is 2.24. The van der Waals surface area contributed by atoms with Crippen LogP contribution < -0.4 is 5.43 Å². The Bertz CT molecular complexity index is 415. The molecule has 0 atom stereocenters. The number of nitrogens with one attached hydrogen (secondary N) is 1. The highest BCUT2D eigenvalue weighted by Crippen LogP contribution is 2.37. The Morgan fingerprint density at radius 1 is 1.22 bits per heavy atom. The number of halogens is 1. The van der Waals surface area contributed by atoms with Crippen molar-refractivity contribution in [1.82, 2.24) is 15.0 Å². The van der Waals surface area contributed by atoms with Gasteiger partial charge in [0.15, 0.2) is 0 Å². The van der Waals surface area contributed by atoms with Crippen molar-refractivity contribution in [1.29, 1.82) is 0 Å². The van der Waals surface area contributed by atoms with E-state index in [4.69, 9.17) is 11.6 Å². The summed E-state index contributed by atoms with van der Waals surface area (Å²) in [5, 5.41) is 2.72. The van der Waals surface area contributed by atoms with Crippen LogP contribution in [0.25, 0.3) is 0 Å². The van der Waals surface area contributed by atoms with E-state index in [1.807, 2.05) is 0 Å². The Hall–Kier alpha value is -0.870. The van der Waals surface area contributed by atoms with Crippen LogP contribution in [-0.2, 0) is 0 Å². The molecular weight excluding hydrogens is 248 g/mol. The molecule has 0 bridgehead atoms. The van der Waals surface area contributed by atoms with Gasteiger partial charge in [-0.05, 0) is 53.0 Å². The largest absolute Gasteiger partial charge is 0.286 e. The molecule has 1 aromatic rings. The zero-order valence-electron chi connectivity index (χ0n) is 11.5. The molecule has 0 amide bonds. The van der Waals surface area contributed by atoms with Crippen molar-refractivity contribution in [2.75, 3.05) is 5.43 Å². The first kappa shape index (κ1) is 13.6. The number of anilines is 1. The predicted octanol–water partition coefficient (Wildman–Crippen LogP) is 3.50. The van der Waals surface area contributed by atoms with Gasteiger partial charge >= 0.3 is 0 Å². The van der Waals surface area contributed by atoms with E-state index in [1.54, 1.807) is 12.3 Å². The van der Waals surface area contributed by atoms with Gasteiger partial charge in [0.05, 0.1) is 0 Å². The second-order valence-corrected chi connectivity index (χ2v) is 6.52. The van der Waals surface area contributed by atoms with Gasteiger partial charge in [0.1, 0.15) is 5.15 Å². The lowest BCUT2D eigenvalue weighted by Crippen LogP contribution is -2.61. The van der Waals surface area contributed by atoms with Crippen molar-refractivity contribution >= 4 is 17.5 Å². The minimum atomic E-state index is 0.0768. The molecule has 0 aromatic carbocycles. The number of hydrogen-bond donors (Lipinski definition) is 1. The van der Waals surface area contributed by atoms with Crippen molar-refractivity contribution < 1.29 is 0 Å². The van der Waals surface area contributed by atoms with Crippen LogP contribution in [0.2, 0.25) is 5.15 Å². The molecule has 1 fully saturated rings. The fourth-order valence-electron chi connectivity index (χ4n) is 2.79. The molecule has 2 rings (SSSR count). The quantitative estimate of drug-likeness (QED) is 0.834. The van der Waals surface area contributed by atoms with E-state index >= 15 is 0 Å². The Kier molecular flexibility index (Phi) is 3.52. The molecule has 100 valence electrons. The highest BCUT2D eigenvalue weighted by atomic mass is 35.5. The van der Waals surface area contributed by atoms with Gasteiger partial charge in [-0.1, -0.05) is 11.6 Å². The zero-order chi connectivity index (χ0) is 13.4. The summed E-state index contributed by atoms with van der Waals surface area (Å²) in [6, 6.07) is 1.68. The SMILES string of the molecule is CC1(C)CCCC(C)(C)N1Nc1nccc(Cl)n1. The van der Waals surface area contributed by atoms with Gasteiger partial charge in [-0.2, -0.15) is 0 Å². The molecule has 1 N–H and O–H groups in total. The van der Waals surface area contributed by atoms with Gasteiger partial charge in [0.2, 0.25) is 5.95 Å². The monoisotopic (exact) mass is 268 g/mol.